The van der Waals surface area contributed by atoms with Crippen LogP contribution in [0.25, 0.3) is 0 Å². The second-order valence-corrected chi connectivity index (χ2v) is 14.5. The van der Waals surface area contributed by atoms with Crippen LogP contribution in [0.1, 0.15) is 67.2 Å². The Morgan fingerprint density at radius 2 is 1.00 bits per heavy atom. The van der Waals surface area contributed by atoms with Crippen LogP contribution in [0.2, 0.25) is 0 Å². The summed E-state index contributed by atoms with van der Waals surface area (Å²) < 4.78 is 18.9. The third-order valence-electron chi connectivity index (χ3n) is 10.4. The van der Waals surface area contributed by atoms with Gasteiger partial charge in [0.05, 0.1) is 11.8 Å². The molecule has 6 bridgehead atoms. The molecule has 0 spiro atoms. The van der Waals surface area contributed by atoms with Gasteiger partial charge in [0, 0.05) is 23.7 Å². The van der Waals surface area contributed by atoms with E-state index in [0.29, 0.717) is 25.7 Å². The molecule has 0 aromatic carbocycles. The Bertz CT molecular complexity index is 1000. The van der Waals surface area contributed by atoms with Crippen LogP contribution in [0.15, 0.2) is 0 Å². The van der Waals surface area contributed by atoms with Crippen LogP contribution in [-0.2, 0) is 33.4 Å². The zero-order chi connectivity index (χ0) is 27.0. The smallest absolute Gasteiger partial charge is 0.339 e. The van der Waals surface area contributed by atoms with Gasteiger partial charge in [-0.1, -0.05) is 0 Å². The zero-order valence-corrected chi connectivity index (χ0v) is 22.4. The molecular formula is C28H38O9. The summed E-state index contributed by atoms with van der Waals surface area (Å²) in [5.74, 6) is -6.63. The first-order chi connectivity index (χ1) is 17.0. The number of carbonyl (C=O) groups is 4. The third kappa shape index (κ3) is 3.06. The number of esters is 2. The van der Waals surface area contributed by atoms with Crippen LogP contribution in [0.3, 0.4) is 0 Å². The maximum Gasteiger partial charge on any atom is 0.339 e. The van der Waals surface area contributed by atoms with Crippen molar-refractivity contribution in [2.24, 2.45) is 59.2 Å². The van der Waals surface area contributed by atoms with Crippen LogP contribution in [0.4, 0.5) is 0 Å². The average Bonchev–Trinajstić information content (AvgIpc) is 3.55. The Balaban J connectivity index is 1.55. The van der Waals surface area contributed by atoms with Crippen molar-refractivity contribution in [2.75, 3.05) is 0 Å². The minimum atomic E-state index is -1.48. The molecule has 2 N–H and O–H groups in total. The number of fused-ring (bicyclic) bond motifs is 16. The van der Waals surface area contributed by atoms with Gasteiger partial charge in [0.2, 0.25) is 0 Å². The van der Waals surface area contributed by atoms with Gasteiger partial charge in [0.15, 0.2) is 11.2 Å². The van der Waals surface area contributed by atoms with E-state index in [1.165, 1.54) is 0 Å². The maximum atomic E-state index is 14.3. The van der Waals surface area contributed by atoms with Crippen molar-refractivity contribution in [2.45, 2.75) is 89.6 Å². The van der Waals surface area contributed by atoms with E-state index in [-0.39, 0.29) is 23.7 Å². The summed E-state index contributed by atoms with van der Waals surface area (Å²) >= 11 is 0. The molecule has 204 valence electrons. The third-order valence-corrected chi connectivity index (χ3v) is 10.4. The lowest BCUT2D eigenvalue weighted by atomic mass is 9.48. The van der Waals surface area contributed by atoms with Gasteiger partial charge in [-0.2, -0.15) is 0 Å². The summed E-state index contributed by atoms with van der Waals surface area (Å²) in [5.41, 5.74) is -4.58. The quantitative estimate of drug-likeness (QED) is 0.538. The zero-order valence-electron chi connectivity index (χ0n) is 22.4. The summed E-state index contributed by atoms with van der Waals surface area (Å²) in [4.78, 5) is 53.0. The number of carbonyl (C=O) groups excluding carboxylic acids is 2. The van der Waals surface area contributed by atoms with E-state index in [2.05, 4.69) is 0 Å². The molecule has 0 amide bonds. The molecule has 2 aliphatic heterocycles. The highest BCUT2D eigenvalue weighted by molar-refractivity contribution is 5.91. The highest BCUT2D eigenvalue weighted by Crippen LogP contribution is 2.81. The molecule has 9 heteroatoms. The summed E-state index contributed by atoms with van der Waals surface area (Å²) in [6.45, 7) is 10.7. The monoisotopic (exact) mass is 518 g/mol. The van der Waals surface area contributed by atoms with Crippen molar-refractivity contribution < 1.29 is 43.6 Å². The van der Waals surface area contributed by atoms with Gasteiger partial charge in [0.25, 0.3) is 0 Å². The summed E-state index contributed by atoms with van der Waals surface area (Å²) in [7, 11) is 0. The van der Waals surface area contributed by atoms with Crippen molar-refractivity contribution in [3.63, 3.8) is 0 Å². The highest BCUT2D eigenvalue weighted by Gasteiger charge is 2.90. The second kappa shape index (κ2) is 7.27. The second-order valence-electron chi connectivity index (χ2n) is 14.5. The summed E-state index contributed by atoms with van der Waals surface area (Å²) in [6.07, 6.45) is 2.07. The fraction of sp³-hybridized carbons (Fsp3) is 0.857. The van der Waals surface area contributed by atoms with Gasteiger partial charge in [0.1, 0.15) is 11.2 Å². The van der Waals surface area contributed by atoms with E-state index in [4.69, 9.17) is 14.2 Å². The Morgan fingerprint density at radius 3 is 1.30 bits per heavy atom. The van der Waals surface area contributed by atoms with Crippen LogP contribution in [-0.4, -0.2) is 56.5 Å². The van der Waals surface area contributed by atoms with E-state index in [1.807, 2.05) is 0 Å². The number of rotatable bonds is 4. The van der Waals surface area contributed by atoms with Gasteiger partial charge in [-0.15, -0.1) is 0 Å². The first-order valence-corrected chi connectivity index (χ1v) is 13.7. The van der Waals surface area contributed by atoms with E-state index < -0.39 is 81.8 Å². The number of carboxylic acids is 2. The molecule has 0 aromatic rings. The molecule has 9 nitrogen and oxygen atoms in total. The number of aliphatic carboxylic acids is 2. The highest BCUT2D eigenvalue weighted by atomic mass is 16.6. The first kappa shape index (κ1) is 25.1. The molecule has 0 unspecified atom stereocenters. The van der Waals surface area contributed by atoms with E-state index in [0.717, 1.165) is 0 Å². The Labute approximate surface area is 216 Å². The van der Waals surface area contributed by atoms with Gasteiger partial charge in [-0.25, -0.2) is 9.59 Å². The molecule has 0 radical (unpaired) electrons. The minimum Gasteiger partial charge on any atom is -0.481 e. The van der Waals surface area contributed by atoms with Crippen molar-refractivity contribution in [1.29, 1.82) is 0 Å². The molecule has 0 aromatic heterocycles. The molecule has 4 saturated carbocycles. The SMILES string of the molecule is CC(C)(C)OC(=O)[C@]12O[C@](C(=O)OC(C)(C)C)([C@@H]3[C@@H]4C[C@@H](C[C@@H]4C(=O)O)[C@@H]31)[C@H]1[C@H]3C[C@@H]([C@H]12)[C@@H](C(=O)O)C3. The lowest BCUT2D eigenvalue weighted by molar-refractivity contribution is -0.202. The first-order valence-electron chi connectivity index (χ1n) is 13.7. The van der Waals surface area contributed by atoms with Gasteiger partial charge >= 0.3 is 23.9 Å². The minimum absolute atomic E-state index is 0.115. The van der Waals surface area contributed by atoms with Crippen LogP contribution in [0, 0.1) is 59.2 Å². The number of ether oxygens (including phenoxy) is 3. The van der Waals surface area contributed by atoms with Crippen LogP contribution < -0.4 is 0 Å². The number of hydrogen-bond donors (Lipinski definition) is 2. The normalized spacial score (nSPS) is 48.6. The van der Waals surface area contributed by atoms with Crippen molar-refractivity contribution in [3.05, 3.63) is 0 Å². The Kier molecular flexibility index (Phi) is 4.94. The fourth-order valence-electron chi connectivity index (χ4n) is 10.0. The largest absolute Gasteiger partial charge is 0.481 e. The average molecular weight is 519 g/mol. The lowest BCUT2D eigenvalue weighted by Crippen LogP contribution is -2.63. The van der Waals surface area contributed by atoms with Gasteiger partial charge in [-0.05, 0) is 90.9 Å². The van der Waals surface area contributed by atoms with E-state index in [1.54, 1.807) is 41.5 Å². The summed E-state index contributed by atoms with van der Waals surface area (Å²) in [6, 6.07) is 0. The Morgan fingerprint density at radius 1 is 0.649 bits per heavy atom. The molecular weight excluding hydrogens is 480 g/mol. The van der Waals surface area contributed by atoms with Crippen molar-refractivity contribution in [3.8, 4) is 0 Å². The van der Waals surface area contributed by atoms with Gasteiger partial charge < -0.3 is 24.4 Å². The fourth-order valence-corrected chi connectivity index (χ4v) is 10.0. The standard InChI is InChI=1S/C28H38O9/c1-25(2,3)35-23(33)27-17-11-7-14(16(9-11)22(31)32)20(17)28(37-27,24(34)36-26(4,5)6)18-12-8-13(19(18)27)15(10-12)21(29)30/h11-20H,7-10H2,1-6H3,(H,29,30)(H,31,32)/t11-,12-,13+,14+,15-,16-,17-,18-,19+,20+,27-,28-/m0/s1. The molecule has 4 aliphatic carbocycles. The molecule has 6 fully saturated rings. The molecule has 2 heterocycles. The molecule has 6 rings (SSSR count). The Hall–Kier alpha value is -2.16. The van der Waals surface area contributed by atoms with E-state index in [9.17, 15) is 29.4 Å². The number of carboxylic acid groups (broad SMARTS) is 2. The van der Waals surface area contributed by atoms with Crippen molar-refractivity contribution in [1.82, 2.24) is 0 Å². The lowest BCUT2D eigenvalue weighted by Gasteiger charge is -2.51. The molecule has 37 heavy (non-hydrogen) atoms. The molecule has 12 atom stereocenters. The predicted octanol–water partition coefficient (Wildman–Crippen LogP) is 3.14. The maximum absolute atomic E-state index is 14.3. The van der Waals surface area contributed by atoms with Crippen LogP contribution in [0.5, 0.6) is 0 Å². The predicted molar refractivity (Wildman–Crippen MR) is 127 cm³/mol. The molecule has 2 saturated heterocycles. The topological polar surface area (TPSA) is 136 Å². The molecule has 6 aliphatic rings. The summed E-state index contributed by atoms with van der Waals surface area (Å²) in [5, 5.41) is 20.1. The van der Waals surface area contributed by atoms with Crippen LogP contribution >= 0.6 is 0 Å². The van der Waals surface area contributed by atoms with Crippen molar-refractivity contribution >= 4 is 23.9 Å². The van der Waals surface area contributed by atoms with Gasteiger partial charge in [-0.3, -0.25) is 9.59 Å². The van der Waals surface area contributed by atoms with E-state index >= 15 is 0 Å². The number of hydrogen-bond acceptors (Lipinski definition) is 7.